The predicted molar refractivity (Wildman–Crippen MR) is 134 cm³/mol. The Morgan fingerprint density at radius 3 is 2.75 bits per heavy atom. The molecular formula is C27H23F2N3O3S. The number of thioether (sulfide) groups is 1. The van der Waals surface area contributed by atoms with Gasteiger partial charge < -0.3 is 15.4 Å². The van der Waals surface area contributed by atoms with Gasteiger partial charge in [-0.15, -0.1) is 18.3 Å². The van der Waals surface area contributed by atoms with Crippen LogP contribution in [-0.4, -0.2) is 33.3 Å². The molecule has 0 aliphatic carbocycles. The van der Waals surface area contributed by atoms with Gasteiger partial charge >= 0.3 is 0 Å². The summed E-state index contributed by atoms with van der Waals surface area (Å²) in [5.74, 6) is -2.77. The topological polar surface area (TPSA) is 74.6 Å². The second-order valence-corrected chi connectivity index (χ2v) is 10.4. The molecular weight excluding hydrogens is 484 g/mol. The van der Waals surface area contributed by atoms with Crippen LogP contribution in [0, 0.1) is 17.6 Å². The zero-order valence-electron chi connectivity index (χ0n) is 19.3. The lowest BCUT2D eigenvalue weighted by Gasteiger charge is -2.44. The van der Waals surface area contributed by atoms with Crippen LogP contribution in [0.2, 0.25) is 0 Å². The number of aromatic hydroxyl groups is 1. The third-order valence-electron chi connectivity index (χ3n) is 7.31. The Morgan fingerprint density at radius 1 is 1.14 bits per heavy atom. The van der Waals surface area contributed by atoms with Gasteiger partial charge in [-0.2, -0.15) is 0 Å². The van der Waals surface area contributed by atoms with Gasteiger partial charge in [0.2, 0.25) is 5.43 Å². The average molecular weight is 508 g/mol. The largest absolute Gasteiger partial charge is 0.502 e. The van der Waals surface area contributed by atoms with E-state index in [9.17, 15) is 19.1 Å². The van der Waals surface area contributed by atoms with Crippen LogP contribution in [0.5, 0.6) is 5.75 Å². The molecule has 0 spiro atoms. The van der Waals surface area contributed by atoms with Crippen molar-refractivity contribution in [2.45, 2.75) is 36.1 Å². The summed E-state index contributed by atoms with van der Waals surface area (Å²) in [6, 6.07) is 9.95. The second-order valence-electron chi connectivity index (χ2n) is 9.35. The first kappa shape index (κ1) is 22.8. The lowest BCUT2D eigenvalue weighted by atomic mass is 9.92. The van der Waals surface area contributed by atoms with E-state index in [4.69, 9.17) is 0 Å². The normalized spacial score (nSPS) is 20.4. The van der Waals surface area contributed by atoms with Crippen molar-refractivity contribution in [3.05, 3.63) is 93.3 Å². The molecule has 1 unspecified atom stereocenters. The fourth-order valence-corrected chi connectivity index (χ4v) is 6.49. The highest BCUT2D eigenvalue weighted by Gasteiger charge is 2.40. The van der Waals surface area contributed by atoms with Gasteiger partial charge in [-0.3, -0.25) is 9.59 Å². The number of hydrogen-bond acceptors (Lipinski definition) is 5. The number of benzene rings is 2. The van der Waals surface area contributed by atoms with Gasteiger partial charge in [0.15, 0.2) is 23.1 Å². The molecule has 1 saturated heterocycles. The first-order valence-electron chi connectivity index (χ1n) is 11.8. The third-order valence-corrected chi connectivity index (χ3v) is 8.45. The fraction of sp³-hybridized carbons (Fsp3) is 0.259. The van der Waals surface area contributed by atoms with Crippen LogP contribution >= 0.6 is 11.8 Å². The van der Waals surface area contributed by atoms with Gasteiger partial charge in [0.05, 0.1) is 5.69 Å². The summed E-state index contributed by atoms with van der Waals surface area (Å²) >= 11 is 1.43. The average Bonchev–Trinajstić information content (AvgIpc) is 3.08. The van der Waals surface area contributed by atoms with Crippen LogP contribution in [0.4, 0.5) is 8.78 Å². The smallest absolute Gasteiger partial charge is 0.278 e. The Hall–Kier alpha value is -3.59. The fourth-order valence-electron chi connectivity index (χ4n) is 5.39. The van der Waals surface area contributed by atoms with E-state index in [1.54, 1.807) is 11.0 Å². The summed E-state index contributed by atoms with van der Waals surface area (Å²) in [5, 5.41) is 10.6. The van der Waals surface area contributed by atoms with Gasteiger partial charge in [-0.05, 0) is 48.4 Å². The molecule has 3 aliphatic heterocycles. The second kappa shape index (κ2) is 8.51. The molecule has 6 rings (SSSR count). The Morgan fingerprint density at radius 2 is 1.94 bits per heavy atom. The summed E-state index contributed by atoms with van der Waals surface area (Å²) in [5.41, 5.74) is 4.56. The molecule has 2 aromatic carbocycles. The number of nitrogens with zero attached hydrogens (tertiary/aromatic N) is 2. The molecule has 1 amide bonds. The van der Waals surface area contributed by atoms with Crippen molar-refractivity contribution in [2.24, 2.45) is 5.92 Å². The van der Waals surface area contributed by atoms with E-state index in [1.165, 1.54) is 22.5 Å². The molecule has 0 saturated carbocycles. The zero-order valence-corrected chi connectivity index (χ0v) is 20.1. The molecule has 2 atom stereocenters. The number of piperidine rings is 1. The SMILES string of the molecule is C=C[C@@H]1CCC2Nn3c(-c4cc(F)c(F)c5c4Cc4ccccc4SC5)cc(=O)c(O)c3C(=O)N2C1. The molecule has 3 aromatic rings. The first-order chi connectivity index (χ1) is 17.4. The maximum absolute atomic E-state index is 15.0. The standard InChI is InChI=1S/C27H23F2N3O3S/c1-2-14-7-8-23-30-32-20(11-21(33)26(34)25(32)27(35)31(23)12-14)17-10-19(28)24(29)18-13-36-22-6-4-3-5-15(22)9-16(17)18/h2-6,10-11,14,23,30,34H,1,7-9,12-13H2/t14-,23?/m1/s1. The highest BCUT2D eigenvalue weighted by atomic mass is 32.2. The van der Waals surface area contributed by atoms with Crippen molar-refractivity contribution in [3.8, 4) is 17.0 Å². The Kier molecular flexibility index (Phi) is 5.40. The van der Waals surface area contributed by atoms with Crippen LogP contribution in [0.1, 0.15) is 40.0 Å². The summed E-state index contributed by atoms with van der Waals surface area (Å²) in [6.07, 6.45) is 3.21. The number of nitrogens with one attached hydrogen (secondary N) is 1. The lowest BCUT2D eigenvalue weighted by molar-refractivity contribution is 0.0525. The number of rotatable bonds is 2. The number of pyridine rings is 1. The molecule has 0 radical (unpaired) electrons. The minimum Gasteiger partial charge on any atom is -0.502 e. The van der Waals surface area contributed by atoms with Crippen molar-refractivity contribution in [1.82, 2.24) is 9.58 Å². The highest BCUT2D eigenvalue weighted by Crippen LogP contribution is 2.41. The highest BCUT2D eigenvalue weighted by molar-refractivity contribution is 7.98. The lowest BCUT2D eigenvalue weighted by Crippen LogP contribution is -2.57. The summed E-state index contributed by atoms with van der Waals surface area (Å²) in [4.78, 5) is 28.9. The number of amides is 1. The predicted octanol–water partition coefficient (Wildman–Crippen LogP) is 4.62. The molecule has 36 heavy (non-hydrogen) atoms. The van der Waals surface area contributed by atoms with Crippen molar-refractivity contribution in [1.29, 1.82) is 0 Å². The van der Waals surface area contributed by atoms with Crippen LogP contribution in [0.15, 0.2) is 58.7 Å². The summed E-state index contributed by atoms with van der Waals surface area (Å²) in [6.45, 7) is 4.24. The molecule has 4 heterocycles. The summed E-state index contributed by atoms with van der Waals surface area (Å²) in [7, 11) is 0. The Bertz CT molecular complexity index is 1500. The number of carbonyl (C=O) groups excluding carboxylic acids is 1. The van der Waals surface area contributed by atoms with Gasteiger partial charge in [0, 0.05) is 34.4 Å². The van der Waals surface area contributed by atoms with E-state index in [0.29, 0.717) is 30.5 Å². The van der Waals surface area contributed by atoms with Crippen molar-refractivity contribution in [3.63, 3.8) is 0 Å². The number of carbonyl (C=O) groups is 1. The van der Waals surface area contributed by atoms with E-state index in [2.05, 4.69) is 12.0 Å². The van der Waals surface area contributed by atoms with E-state index in [-0.39, 0.29) is 34.8 Å². The first-order valence-corrected chi connectivity index (χ1v) is 12.8. The van der Waals surface area contributed by atoms with E-state index in [0.717, 1.165) is 22.9 Å². The van der Waals surface area contributed by atoms with Crippen molar-refractivity contribution < 1.29 is 18.7 Å². The molecule has 1 fully saturated rings. The van der Waals surface area contributed by atoms with E-state index < -0.39 is 28.7 Å². The van der Waals surface area contributed by atoms with Crippen molar-refractivity contribution >= 4 is 17.7 Å². The van der Waals surface area contributed by atoms with Gasteiger partial charge in [-0.1, -0.05) is 24.3 Å². The molecule has 184 valence electrons. The van der Waals surface area contributed by atoms with Crippen molar-refractivity contribution in [2.75, 3.05) is 12.0 Å². The van der Waals surface area contributed by atoms with Crippen LogP contribution < -0.4 is 10.9 Å². The Labute approximate surface area is 210 Å². The minimum atomic E-state index is -1.03. The van der Waals surface area contributed by atoms with Crippen LogP contribution in [0.3, 0.4) is 0 Å². The zero-order chi connectivity index (χ0) is 25.1. The van der Waals surface area contributed by atoms with Gasteiger partial charge in [0.1, 0.15) is 6.17 Å². The van der Waals surface area contributed by atoms with Gasteiger partial charge in [0.25, 0.3) is 5.91 Å². The molecule has 9 heteroatoms. The number of halogens is 2. The monoisotopic (exact) mass is 507 g/mol. The third kappa shape index (κ3) is 3.44. The van der Waals surface area contributed by atoms with E-state index in [1.807, 2.05) is 24.3 Å². The minimum absolute atomic E-state index is 0.107. The quantitative estimate of drug-likeness (QED) is 0.496. The number of aromatic nitrogens is 1. The summed E-state index contributed by atoms with van der Waals surface area (Å²) < 4.78 is 31.3. The molecule has 1 aromatic heterocycles. The van der Waals surface area contributed by atoms with E-state index >= 15 is 4.39 Å². The number of fused-ring (bicyclic) bond motifs is 4. The maximum atomic E-state index is 15.0. The molecule has 6 nitrogen and oxygen atoms in total. The molecule has 3 aliphatic rings. The molecule has 0 bridgehead atoms. The van der Waals surface area contributed by atoms with Crippen LogP contribution in [-0.2, 0) is 12.2 Å². The van der Waals surface area contributed by atoms with Crippen LogP contribution in [0.25, 0.3) is 11.3 Å². The maximum Gasteiger partial charge on any atom is 0.278 e. The number of hydrogen-bond donors (Lipinski definition) is 2. The Balaban J connectivity index is 1.57. The molecule has 2 N–H and O–H groups in total. The van der Waals surface area contributed by atoms with Gasteiger partial charge in [-0.25, -0.2) is 13.5 Å².